The summed E-state index contributed by atoms with van der Waals surface area (Å²) in [7, 11) is 1.28. The van der Waals surface area contributed by atoms with Crippen LogP contribution in [0.15, 0.2) is 6.07 Å². The maximum absolute atomic E-state index is 13.4. The van der Waals surface area contributed by atoms with Crippen molar-refractivity contribution in [2.45, 2.75) is 13.5 Å². The Hall–Kier alpha value is -2.32. The fraction of sp³-hybridized carbons (Fsp3) is 0.385. The molecule has 1 aromatic carbocycles. The molecule has 0 radical (unpaired) electrons. The molecule has 0 saturated carbocycles. The number of carboxylic acids is 1. The Morgan fingerprint density at radius 1 is 1.23 bits per heavy atom. The van der Waals surface area contributed by atoms with Gasteiger partial charge in [0.25, 0.3) is 0 Å². The van der Waals surface area contributed by atoms with Crippen LogP contribution in [0.4, 0.5) is 22.4 Å². The minimum atomic E-state index is -1.83. The van der Waals surface area contributed by atoms with Gasteiger partial charge in [0.1, 0.15) is 5.82 Å². The van der Waals surface area contributed by atoms with Gasteiger partial charge in [0.2, 0.25) is 0 Å². The van der Waals surface area contributed by atoms with Gasteiger partial charge in [-0.05, 0) is 0 Å². The first-order valence-corrected chi connectivity index (χ1v) is 6.18. The van der Waals surface area contributed by atoms with Crippen LogP contribution in [0.25, 0.3) is 0 Å². The second-order valence-corrected chi connectivity index (χ2v) is 4.73. The van der Waals surface area contributed by atoms with Gasteiger partial charge >= 0.3 is 12.0 Å². The molecule has 22 heavy (non-hydrogen) atoms. The molecular formula is C13H14F4N2O3. The summed E-state index contributed by atoms with van der Waals surface area (Å²) in [5, 5.41) is 10.8. The van der Waals surface area contributed by atoms with Crippen molar-refractivity contribution >= 4 is 12.0 Å². The molecule has 0 aliphatic rings. The van der Waals surface area contributed by atoms with Crippen LogP contribution in [0, 0.1) is 29.2 Å². The Labute approximate surface area is 123 Å². The molecule has 0 fully saturated rings. The molecule has 0 aliphatic carbocycles. The van der Waals surface area contributed by atoms with E-state index in [1.165, 1.54) is 14.0 Å². The summed E-state index contributed by atoms with van der Waals surface area (Å²) in [6.45, 7) is 0.532. The Kier molecular flexibility index (Phi) is 5.72. The fourth-order valence-corrected chi connectivity index (χ4v) is 1.64. The van der Waals surface area contributed by atoms with Crippen LogP contribution in [0.2, 0.25) is 0 Å². The van der Waals surface area contributed by atoms with Gasteiger partial charge in [-0.25, -0.2) is 22.4 Å². The molecule has 0 heterocycles. The predicted molar refractivity (Wildman–Crippen MR) is 67.9 cm³/mol. The third-order valence-electron chi connectivity index (χ3n) is 2.94. The van der Waals surface area contributed by atoms with Crippen molar-refractivity contribution in [2.75, 3.05) is 13.6 Å². The Balaban J connectivity index is 2.73. The lowest BCUT2D eigenvalue weighted by Gasteiger charge is -2.20. The van der Waals surface area contributed by atoms with E-state index in [0.29, 0.717) is 0 Å². The lowest BCUT2D eigenvalue weighted by Crippen LogP contribution is -2.40. The number of amides is 2. The fourth-order valence-electron chi connectivity index (χ4n) is 1.64. The summed E-state index contributed by atoms with van der Waals surface area (Å²) in [6, 6.07) is -0.632. The van der Waals surface area contributed by atoms with Crippen molar-refractivity contribution in [1.82, 2.24) is 10.2 Å². The Morgan fingerprint density at radius 3 is 2.36 bits per heavy atom. The van der Waals surface area contributed by atoms with Gasteiger partial charge in [-0.1, -0.05) is 6.92 Å². The molecule has 1 atom stereocenters. The number of rotatable bonds is 5. The Morgan fingerprint density at radius 2 is 1.82 bits per heavy atom. The van der Waals surface area contributed by atoms with Crippen LogP contribution in [0.3, 0.4) is 0 Å². The molecule has 9 heteroatoms. The molecule has 1 aromatic rings. The van der Waals surface area contributed by atoms with Crippen molar-refractivity contribution < 1.29 is 32.3 Å². The first kappa shape index (κ1) is 17.7. The summed E-state index contributed by atoms with van der Waals surface area (Å²) < 4.78 is 52.5. The van der Waals surface area contributed by atoms with Gasteiger partial charge in [0.05, 0.1) is 12.5 Å². The molecule has 1 rings (SSSR count). The zero-order chi connectivity index (χ0) is 17.0. The van der Waals surface area contributed by atoms with Crippen molar-refractivity contribution in [3.05, 3.63) is 34.9 Å². The molecular weight excluding hydrogens is 308 g/mol. The number of carbonyl (C=O) groups excluding carboxylic acids is 1. The molecule has 0 saturated heterocycles. The summed E-state index contributed by atoms with van der Waals surface area (Å²) >= 11 is 0. The highest BCUT2D eigenvalue weighted by atomic mass is 19.2. The number of nitrogens with zero attached hydrogens (tertiary/aromatic N) is 1. The van der Waals surface area contributed by atoms with Gasteiger partial charge < -0.3 is 15.3 Å². The van der Waals surface area contributed by atoms with E-state index in [2.05, 4.69) is 5.32 Å². The molecule has 0 aromatic heterocycles. The molecule has 0 spiro atoms. The standard InChI is InChI=1S/C13H14F4N2O3/c1-6(12(20)21)5-19(2)13(22)18-4-7-8(14)3-9(15)11(17)10(7)16/h3,6H,4-5H2,1-2H3,(H,18,22)(H,20,21). The zero-order valence-corrected chi connectivity index (χ0v) is 11.8. The van der Waals surface area contributed by atoms with Crippen molar-refractivity contribution in [2.24, 2.45) is 5.92 Å². The number of aliphatic carboxylic acids is 1. The number of benzene rings is 1. The highest BCUT2D eigenvalue weighted by Crippen LogP contribution is 2.18. The van der Waals surface area contributed by atoms with E-state index in [1.54, 1.807) is 0 Å². The monoisotopic (exact) mass is 322 g/mol. The van der Waals surface area contributed by atoms with E-state index in [0.717, 1.165) is 4.90 Å². The second-order valence-electron chi connectivity index (χ2n) is 4.73. The van der Waals surface area contributed by atoms with Gasteiger partial charge in [-0.3, -0.25) is 4.79 Å². The smallest absolute Gasteiger partial charge is 0.317 e. The van der Waals surface area contributed by atoms with Crippen LogP contribution in [0.1, 0.15) is 12.5 Å². The molecule has 122 valence electrons. The summed E-state index contributed by atoms with van der Waals surface area (Å²) in [5.41, 5.74) is -0.827. The highest BCUT2D eigenvalue weighted by Gasteiger charge is 2.21. The molecule has 2 amide bonds. The predicted octanol–water partition coefficient (Wildman–Crippen LogP) is 2.11. The van der Waals surface area contributed by atoms with Crippen LogP contribution in [-0.4, -0.2) is 35.6 Å². The average Bonchev–Trinajstić information content (AvgIpc) is 2.44. The topological polar surface area (TPSA) is 69.6 Å². The highest BCUT2D eigenvalue weighted by molar-refractivity contribution is 5.75. The summed E-state index contributed by atoms with van der Waals surface area (Å²) in [6.07, 6.45) is 0. The summed E-state index contributed by atoms with van der Waals surface area (Å²) in [4.78, 5) is 23.3. The number of carboxylic acid groups (broad SMARTS) is 1. The van der Waals surface area contributed by atoms with E-state index in [1.807, 2.05) is 0 Å². The zero-order valence-electron chi connectivity index (χ0n) is 11.8. The largest absolute Gasteiger partial charge is 0.481 e. The molecule has 5 nitrogen and oxygen atoms in total. The van der Waals surface area contributed by atoms with Gasteiger partial charge in [-0.15, -0.1) is 0 Å². The van der Waals surface area contributed by atoms with Crippen LogP contribution in [-0.2, 0) is 11.3 Å². The lowest BCUT2D eigenvalue weighted by atomic mass is 10.1. The second kappa shape index (κ2) is 7.10. The maximum Gasteiger partial charge on any atom is 0.317 e. The average molecular weight is 322 g/mol. The minimum absolute atomic E-state index is 0.135. The van der Waals surface area contributed by atoms with Gasteiger partial charge in [-0.2, -0.15) is 0 Å². The normalized spacial score (nSPS) is 11.9. The molecule has 0 bridgehead atoms. The number of nitrogens with one attached hydrogen (secondary N) is 1. The number of carbonyl (C=O) groups is 2. The van der Waals surface area contributed by atoms with E-state index >= 15 is 0 Å². The molecule has 0 aliphatic heterocycles. The Bertz CT molecular complexity index is 595. The first-order chi connectivity index (χ1) is 10.1. The van der Waals surface area contributed by atoms with E-state index in [-0.39, 0.29) is 12.6 Å². The third kappa shape index (κ3) is 4.09. The number of hydrogen-bond acceptors (Lipinski definition) is 2. The first-order valence-electron chi connectivity index (χ1n) is 6.18. The third-order valence-corrected chi connectivity index (χ3v) is 2.94. The molecule has 2 N–H and O–H groups in total. The van der Waals surface area contributed by atoms with Crippen molar-refractivity contribution in [1.29, 1.82) is 0 Å². The summed E-state index contributed by atoms with van der Waals surface area (Å²) in [5.74, 6) is -8.52. The lowest BCUT2D eigenvalue weighted by molar-refractivity contribution is -0.141. The van der Waals surface area contributed by atoms with E-state index < -0.39 is 53.3 Å². The number of hydrogen-bond donors (Lipinski definition) is 2. The van der Waals surface area contributed by atoms with E-state index in [4.69, 9.17) is 5.11 Å². The minimum Gasteiger partial charge on any atom is -0.481 e. The SMILES string of the molecule is CC(CN(C)C(=O)NCc1c(F)cc(F)c(F)c1F)C(=O)O. The number of urea groups is 1. The van der Waals surface area contributed by atoms with Crippen molar-refractivity contribution in [3.8, 4) is 0 Å². The number of halogens is 4. The van der Waals surface area contributed by atoms with Crippen molar-refractivity contribution in [3.63, 3.8) is 0 Å². The maximum atomic E-state index is 13.4. The quantitative estimate of drug-likeness (QED) is 0.495. The molecule has 1 unspecified atom stereocenters. The van der Waals surface area contributed by atoms with Gasteiger partial charge in [0, 0.05) is 25.2 Å². The van der Waals surface area contributed by atoms with Gasteiger partial charge in [0.15, 0.2) is 17.5 Å². The van der Waals surface area contributed by atoms with E-state index in [9.17, 15) is 27.2 Å². The van der Waals surface area contributed by atoms with Crippen LogP contribution in [0.5, 0.6) is 0 Å². The van der Waals surface area contributed by atoms with Crippen LogP contribution < -0.4 is 5.32 Å². The van der Waals surface area contributed by atoms with Crippen LogP contribution >= 0.6 is 0 Å².